The zero-order valence-corrected chi connectivity index (χ0v) is 18.2. The van der Waals surface area contributed by atoms with E-state index in [1.54, 1.807) is 7.11 Å². The maximum Gasteiger partial charge on any atom is 0.227 e. The first-order valence-corrected chi connectivity index (χ1v) is 10.1. The third kappa shape index (κ3) is 4.30. The van der Waals surface area contributed by atoms with Gasteiger partial charge < -0.3 is 20.1 Å². The molecule has 1 saturated heterocycles. The minimum atomic E-state index is -0.747. The fraction of sp³-hybridized carbons (Fsp3) is 0.524. The summed E-state index contributed by atoms with van der Waals surface area (Å²) < 4.78 is 7.06. The molecular weight excluding hydrogens is 382 g/mol. The first kappa shape index (κ1) is 20.3. The Morgan fingerprint density at radius 1 is 1.20 bits per heavy atom. The van der Waals surface area contributed by atoms with E-state index in [1.807, 2.05) is 35.9 Å². The second-order valence-corrected chi connectivity index (χ2v) is 9.18. The van der Waals surface area contributed by atoms with Crippen LogP contribution in [0.15, 0.2) is 24.3 Å². The Morgan fingerprint density at radius 3 is 2.53 bits per heavy atom. The van der Waals surface area contributed by atoms with Crippen LogP contribution in [0.1, 0.15) is 39.7 Å². The molecule has 0 bridgehead atoms. The molecule has 0 spiro atoms. The third-order valence-electron chi connectivity index (χ3n) is 5.08. The zero-order chi connectivity index (χ0) is 21.5. The normalized spacial score (nSPS) is 19.5. The van der Waals surface area contributed by atoms with Gasteiger partial charge in [0, 0.05) is 18.6 Å². The standard InChI is InChI=1S/C21H29N7O2/c1-20(2,3)24-19-22-17-16(18(23-19)27-11-10-21(4,29)13-27)28(26-25-17)12-14-6-8-15(30-5)9-7-14/h6-9,29H,10-13H2,1-5H3,(H,22,23,24)/t21-/m1/s1. The summed E-state index contributed by atoms with van der Waals surface area (Å²) in [4.78, 5) is 11.5. The molecule has 30 heavy (non-hydrogen) atoms. The van der Waals surface area contributed by atoms with Crippen molar-refractivity contribution < 1.29 is 9.84 Å². The maximum absolute atomic E-state index is 10.5. The van der Waals surface area contributed by atoms with E-state index in [9.17, 15) is 5.11 Å². The molecule has 2 aromatic heterocycles. The molecule has 1 aliphatic heterocycles. The van der Waals surface area contributed by atoms with Gasteiger partial charge in [-0.1, -0.05) is 17.3 Å². The van der Waals surface area contributed by atoms with Crippen molar-refractivity contribution in [1.82, 2.24) is 25.0 Å². The summed E-state index contributed by atoms with van der Waals surface area (Å²) in [6, 6.07) is 7.86. The number of rotatable bonds is 5. The number of ether oxygens (including phenoxy) is 1. The lowest BCUT2D eigenvalue weighted by Gasteiger charge is -2.24. The van der Waals surface area contributed by atoms with Crippen LogP contribution >= 0.6 is 0 Å². The molecule has 160 valence electrons. The summed E-state index contributed by atoms with van der Waals surface area (Å²) >= 11 is 0. The number of aromatic nitrogens is 5. The van der Waals surface area contributed by atoms with Gasteiger partial charge in [0.2, 0.25) is 11.6 Å². The summed E-state index contributed by atoms with van der Waals surface area (Å²) in [6.07, 6.45) is 0.681. The van der Waals surface area contributed by atoms with Gasteiger partial charge >= 0.3 is 0 Å². The van der Waals surface area contributed by atoms with Crippen LogP contribution in [0.5, 0.6) is 5.75 Å². The molecular formula is C21H29N7O2. The predicted octanol–water partition coefficient (Wildman–Crippen LogP) is 2.45. The largest absolute Gasteiger partial charge is 0.497 e. The highest BCUT2D eigenvalue weighted by atomic mass is 16.5. The summed E-state index contributed by atoms with van der Waals surface area (Å²) in [6.45, 7) is 9.77. The summed E-state index contributed by atoms with van der Waals surface area (Å²) in [5.41, 5.74) is 1.43. The first-order chi connectivity index (χ1) is 14.1. The minimum absolute atomic E-state index is 0.194. The van der Waals surface area contributed by atoms with Crippen LogP contribution in [-0.2, 0) is 6.54 Å². The minimum Gasteiger partial charge on any atom is -0.497 e. The first-order valence-electron chi connectivity index (χ1n) is 10.1. The van der Waals surface area contributed by atoms with Gasteiger partial charge in [0.05, 0.1) is 19.3 Å². The molecule has 1 fully saturated rings. The van der Waals surface area contributed by atoms with E-state index in [-0.39, 0.29) is 5.54 Å². The summed E-state index contributed by atoms with van der Waals surface area (Å²) in [5, 5.41) is 22.5. The van der Waals surface area contributed by atoms with Crippen molar-refractivity contribution in [3.63, 3.8) is 0 Å². The van der Waals surface area contributed by atoms with Crippen LogP contribution in [-0.4, -0.2) is 61.4 Å². The number of aliphatic hydroxyl groups is 1. The Balaban J connectivity index is 1.76. The second kappa shape index (κ2) is 7.39. The molecule has 0 saturated carbocycles. The number of benzene rings is 1. The van der Waals surface area contributed by atoms with Gasteiger partial charge in [-0.3, -0.25) is 0 Å². The van der Waals surface area contributed by atoms with E-state index in [4.69, 9.17) is 9.72 Å². The number of nitrogens with zero attached hydrogens (tertiary/aromatic N) is 6. The van der Waals surface area contributed by atoms with Gasteiger partial charge in [0.1, 0.15) is 5.75 Å². The van der Waals surface area contributed by atoms with E-state index in [0.29, 0.717) is 37.7 Å². The zero-order valence-electron chi connectivity index (χ0n) is 18.2. The van der Waals surface area contributed by atoms with Crippen LogP contribution in [0.25, 0.3) is 11.2 Å². The van der Waals surface area contributed by atoms with Gasteiger partial charge in [0.25, 0.3) is 0 Å². The van der Waals surface area contributed by atoms with Crippen LogP contribution in [0.4, 0.5) is 11.8 Å². The molecule has 0 aliphatic carbocycles. The van der Waals surface area contributed by atoms with Crippen molar-refractivity contribution in [2.45, 2.75) is 51.8 Å². The van der Waals surface area contributed by atoms with E-state index >= 15 is 0 Å². The molecule has 3 aromatic rings. The van der Waals surface area contributed by atoms with Crippen molar-refractivity contribution in [3.8, 4) is 5.75 Å². The van der Waals surface area contributed by atoms with Crippen LogP contribution < -0.4 is 15.0 Å². The third-order valence-corrected chi connectivity index (χ3v) is 5.08. The fourth-order valence-corrected chi connectivity index (χ4v) is 3.63. The van der Waals surface area contributed by atoms with Gasteiger partial charge in [-0.25, -0.2) is 4.68 Å². The second-order valence-electron chi connectivity index (χ2n) is 9.18. The van der Waals surface area contributed by atoms with E-state index in [0.717, 1.165) is 22.6 Å². The Hall–Kier alpha value is -2.94. The molecule has 9 heteroatoms. The number of hydrogen-bond acceptors (Lipinski definition) is 8. The Morgan fingerprint density at radius 2 is 1.93 bits per heavy atom. The summed E-state index contributed by atoms with van der Waals surface area (Å²) in [7, 11) is 1.65. The molecule has 0 radical (unpaired) electrons. The average molecular weight is 412 g/mol. The van der Waals surface area contributed by atoms with E-state index in [1.165, 1.54) is 0 Å². The van der Waals surface area contributed by atoms with Crippen molar-refractivity contribution >= 4 is 22.9 Å². The molecule has 9 nitrogen and oxygen atoms in total. The lowest BCUT2D eigenvalue weighted by Crippen LogP contribution is -2.31. The van der Waals surface area contributed by atoms with Gasteiger partial charge in [-0.2, -0.15) is 9.97 Å². The fourth-order valence-electron chi connectivity index (χ4n) is 3.63. The van der Waals surface area contributed by atoms with Crippen LogP contribution in [0.3, 0.4) is 0 Å². The monoisotopic (exact) mass is 411 g/mol. The molecule has 0 amide bonds. The van der Waals surface area contributed by atoms with Crippen molar-refractivity contribution in [3.05, 3.63) is 29.8 Å². The number of β-amino-alcohol motifs (C(OH)–C–C–N with tert-alkyl or cyclic N) is 1. The van der Waals surface area contributed by atoms with E-state index < -0.39 is 5.60 Å². The highest BCUT2D eigenvalue weighted by molar-refractivity contribution is 5.84. The number of anilines is 2. The smallest absolute Gasteiger partial charge is 0.227 e. The molecule has 1 atom stereocenters. The van der Waals surface area contributed by atoms with Crippen molar-refractivity contribution in [2.75, 3.05) is 30.4 Å². The number of methoxy groups -OCH3 is 1. The van der Waals surface area contributed by atoms with Gasteiger partial charge in [0.15, 0.2) is 11.3 Å². The molecule has 1 aromatic carbocycles. The SMILES string of the molecule is COc1ccc(Cn2nnc3nc(NC(C)(C)C)nc(N4CC[C@@](C)(O)C4)c32)cc1. The van der Waals surface area contributed by atoms with Gasteiger partial charge in [-0.05, 0) is 51.8 Å². The topological polar surface area (TPSA) is 101 Å². The number of nitrogens with one attached hydrogen (secondary N) is 1. The highest BCUT2D eigenvalue weighted by Gasteiger charge is 2.34. The predicted molar refractivity (Wildman–Crippen MR) is 116 cm³/mol. The highest BCUT2D eigenvalue weighted by Crippen LogP contribution is 2.31. The molecule has 0 unspecified atom stereocenters. The summed E-state index contributed by atoms with van der Waals surface area (Å²) in [5.74, 6) is 2.06. The Kier molecular flexibility index (Phi) is 5.01. The lowest BCUT2D eigenvalue weighted by atomic mass is 10.1. The molecule has 4 rings (SSSR count). The van der Waals surface area contributed by atoms with Crippen LogP contribution in [0, 0.1) is 0 Å². The quantitative estimate of drug-likeness (QED) is 0.660. The van der Waals surface area contributed by atoms with Crippen molar-refractivity contribution in [2.24, 2.45) is 0 Å². The van der Waals surface area contributed by atoms with Crippen LogP contribution in [0.2, 0.25) is 0 Å². The number of hydrogen-bond donors (Lipinski definition) is 2. The molecule has 2 N–H and O–H groups in total. The average Bonchev–Trinajstić information content (AvgIpc) is 3.23. The molecule has 3 heterocycles. The van der Waals surface area contributed by atoms with Crippen molar-refractivity contribution in [1.29, 1.82) is 0 Å². The van der Waals surface area contributed by atoms with Gasteiger partial charge in [-0.15, -0.1) is 5.10 Å². The molecule has 1 aliphatic rings. The Labute approximate surface area is 176 Å². The van der Waals surface area contributed by atoms with E-state index in [2.05, 4.69) is 46.3 Å². The maximum atomic E-state index is 10.5. The number of fused-ring (bicyclic) bond motifs is 1. The lowest BCUT2D eigenvalue weighted by molar-refractivity contribution is 0.0839. The Bertz CT molecular complexity index is 1040.